The molecule has 1 saturated heterocycles. The van der Waals surface area contributed by atoms with Crippen LogP contribution in [0.4, 0.5) is 10.3 Å². The smallest absolute Gasteiger partial charge is 0.297 e. The highest BCUT2D eigenvalue weighted by atomic mass is 19.1. The van der Waals surface area contributed by atoms with E-state index < -0.39 is 5.82 Å². The fourth-order valence-corrected chi connectivity index (χ4v) is 3.37. The molecule has 0 amide bonds. The van der Waals surface area contributed by atoms with Gasteiger partial charge in [0.1, 0.15) is 5.82 Å². The van der Waals surface area contributed by atoms with E-state index >= 15 is 0 Å². The van der Waals surface area contributed by atoms with Crippen molar-refractivity contribution in [2.24, 2.45) is 0 Å². The second-order valence-electron chi connectivity index (χ2n) is 7.09. The number of nitrogens with zero attached hydrogens (tertiary/aromatic N) is 4. The molecule has 1 saturated carbocycles. The predicted molar refractivity (Wildman–Crippen MR) is 98.4 cm³/mol. The number of halogens is 1. The first kappa shape index (κ1) is 17.5. The Morgan fingerprint density at radius 1 is 1.26 bits per heavy atom. The van der Waals surface area contributed by atoms with Crippen LogP contribution in [0.15, 0.2) is 29.2 Å². The Hall–Kier alpha value is -2.88. The van der Waals surface area contributed by atoms with Crippen molar-refractivity contribution in [1.82, 2.24) is 9.55 Å². The maximum atomic E-state index is 13.8. The van der Waals surface area contributed by atoms with Gasteiger partial charge in [0.05, 0.1) is 30.5 Å². The molecule has 0 N–H and O–H groups in total. The Labute approximate surface area is 156 Å². The first-order valence-corrected chi connectivity index (χ1v) is 9.35. The average Bonchev–Trinajstić information content (AvgIpc) is 3.50. The van der Waals surface area contributed by atoms with Gasteiger partial charge in [0.25, 0.3) is 5.56 Å². The van der Waals surface area contributed by atoms with Crippen LogP contribution >= 0.6 is 0 Å². The van der Waals surface area contributed by atoms with Gasteiger partial charge in [-0.25, -0.2) is 9.37 Å². The zero-order chi connectivity index (χ0) is 18.8. The highest BCUT2D eigenvalue weighted by molar-refractivity contribution is 5.41. The maximum absolute atomic E-state index is 13.8. The van der Waals surface area contributed by atoms with Gasteiger partial charge in [0.2, 0.25) is 11.7 Å². The molecule has 1 aliphatic heterocycles. The van der Waals surface area contributed by atoms with Gasteiger partial charge in [0, 0.05) is 13.1 Å². The fourth-order valence-electron chi connectivity index (χ4n) is 3.37. The molecule has 7 heteroatoms. The third kappa shape index (κ3) is 3.80. The molecule has 1 aromatic carbocycles. The number of anilines is 1. The molecule has 1 aromatic heterocycles. The predicted octanol–water partition coefficient (Wildman–Crippen LogP) is 2.83. The molecule has 2 heterocycles. The van der Waals surface area contributed by atoms with Crippen molar-refractivity contribution in [1.29, 1.82) is 5.26 Å². The number of rotatable bonds is 5. The van der Waals surface area contributed by atoms with Crippen molar-refractivity contribution >= 4 is 5.95 Å². The van der Waals surface area contributed by atoms with E-state index in [4.69, 9.17) is 4.74 Å². The van der Waals surface area contributed by atoms with Crippen molar-refractivity contribution in [2.45, 2.75) is 44.8 Å². The molecule has 2 fully saturated rings. The normalized spacial score (nSPS) is 16.8. The van der Waals surface area contributed by atoms with Crippen LogP contribution in [0.25, 0.3) is 0 Å². The van der Waals surface area contributed by atoms with Crippen molar-refractivity contribution in [2.75, 3.05) is 18.0 Å². The lowest BCUT2D eigenvalue weighted by Crippen LogP contribution is -2.37. The molecule has 140 valence electrons. The number of hydrogen-bond donors (Lipinski definition) is 0. The SMILES string of the molecule is N#Cc1ccc(F)cc1Cn1c(N2CCCCC2)ncc(OC2CC2)c1=O. The van der Waals surface area contributed by atoms with Gasteiger partial charge in [-0.1, -0.05) is 0 Å². The molecule has 2 aliphatic rings. The topological polar surface area (TPSA) is 71.2 Å². The third-order valence-electron chi connectivity index (χ3n) is 4.97. The summed E-state index contributed by atoms with van der Waals surface area (Å²) in [6, 6.07) is 6.07. The van der Waals surface area contributed by atoms with Gasteiger partial charge >= 0.3 is 0 Å². The van der Waals surface area contributed by atoms with Crippen LogP contribution in [0.3, 0.4) is 0 Å². The van der Waals surface area contributed by atoms with E-state index in [0.29, 0.717) is 17.1 Å². The van der Waals surface area contributed by atoms with Gasteiger partial charge in [0.15, 0.2) is 0 Å². The van der Waals surface area contributed by atoms with E-state index in [1.165, 1.54) is 29.0 Å². The van der Waals surface area contributed by atoms with Crippen molar-refractivity contribution < 1.29 is 9.13 Å². The van der Waals surface area contributed by atoms with E-state index in [-0.39, 0.29) is 24.0 Å². The number of piperidine rings is 1. The van der Waals surface area contributed by atoms with Gasteiger partial charge in [-0.2, -0.15) is 5.26 Å². The largest absolute Gasteiger partial charge is 0.483 e. The van der Waals surface area contributed by atoms with Crippen LogP contribution in [-0.2, 0) is 6.54 Å². The van der Waals surface area contributed by atoms with E-state index in [2.05, 4.69) is 16.0 Å². The van der Waals surface area contributed by atoms with Crippen molar-refractivity contribution in [3.63, 3.8) is 0 Å². The molecule has 1 aliphatic carbocycles. The van der Waals surface area contributed by atoms with Crippen LogP contribution in [0.5, 0.6) is 5.75 Å². The molecular formula is C20H21FN4O2. The molecule has 27 heavy (non-hydrogen) atoms. The average molecular weight is 368 g/mol. The highest BCUT2D eigenvalue weighted by Crippen LogP contribution is 2.26. The maximum Gasteiger partial charge on any atom is 0.297 e. The Morgan fingerprint density at radius 2 is 2.04 bits per heavy atom. The summed E-state index contributed by atoms with van der Waals surface area (Å²) in [7, 11) is 0. The zero-order valence-electron chi connectivity index (χ0n) is 15.0. The number of nitriles is 1. The summed E-state index contributed by atoms with van der Waals surface area (Å²) in [5.41, 5.74) is 0.523. The highest BCUT2D eigenvalue weighted by Gasteiger charge is 2.27. The molecular weight excluding hydrogens is 347 g/mol. The standard InChI is InChI=1S/C20H21FN4O2/c21-16-5-4-14(11-22)15(10-16)13-25-19(26)18(27-17-6-7-17)12-23-20(25)24-8-2-1-3-9-24/h4-5,10,12,17H,1-3,6-9,13H2. The summed E-state index contributed by atoms with van der Waals surface area (Å²) in [6.07, 6.45) is 6.70. The molecule has 6 nitrogen and oxygen atoms in total. The van der Waals surface area contributed by atoms with E-state index in [1.54, 1.807) is 0 Å². The number of benzene rings is 1. The summed E-state index contributed by atoms with van der Waals surface area (Å²) in [4.78, 5) is 19.7. The lowest BCUT2D eigenvalue weighted by Gasteiger charge is -2.29. The Balaban J connectivity index is 1.76. The summed E-state index contributed by atoms with van der Waals surface area (Å²) in [6.45, 7) is 1.73. The molecule has 4 rings (SSSR count). The van der Waals surface area contributed by atoms with Crippen molar-refractivity contribution in [3.05, 3.63) is 51.7 Å². The second-order valence-corrected chi connectivity index (χ2v) is 7.09. The first-order valence-electron chi connectivity index (χ1n) is 9.35. The van der Waals surface area contributed by atoms with Gasteiger partial charge < -0.3 is 9.64 Å². The summed E-state index contributed by atoms with van der Waals surface area (Å²) in [5.74, 6) is 0.332. The van der Waals surface area contributed by atoms with Crippen LogP contribution in [0.2, 0.25) is 0 Å². The van der Waals surface area contributed by atoms with E-state index in [9.17, 15) is 14.4 Å². The van der Waals surface area contributed by atoms with Gasteiger partial charge in [-0.05, 0) is 55.9 Å². The lowest BCUT2D eigenvalue weighted by molar-refractivity contribution is 0.294. The summed E-state index contributed by atoms with van der Waals surface area (Å²) in [5, 5.41) is 9.35. The monoisotopic (exact) mass is 368 g/mol. The second kappa shape index (κ2) is 7.39. The van der Waals surface area contributed by atoms with Crippen molar-refractivity contribution in [3.8, 4) is 11.8 Å². The summed E-state index contributed by atoms with van der Waals surface area (Å²) >= 11 is 0. The zero-order valence-corrected chi connectivity index (χ0v) is 15.0. The number of aromatic nitrogens is 2. The van der Waals surface area contributed by atoms with Crippen LogP contribution in [0, 0.1) is 17.1 Å². The molecule has 0 bridgehead atoms. The van der Waals surface area contributed by atoms with Crippen LogP contribution in [0.1, 0.15) is 43.2 Å². The van der Waals surface area contributed by atoms with E-state index in [1.807, 2.05) is 0 Å². The molecule has 0 radical (unpaired) electrons. The number of hydrogen-bond acceptors (Lipinski definition) is 5. The molecule has 2 aromatic rings. The minimum absolute atomic E-state index is 0.0811. The fraction of sp³-hybridized carbons (Fsp3) is 0.450. The Kier molecular flexibility index (Phi) is 4.80. The quantitative estimate of drug-likeness (QED) is 0.812. The Bertz CT molecular complexity index is 940. The minimum atomic E-state index is -0.435. The lowest BCUT2D eigenvalue weighted by atomic mass is 10.1. The minimum Gasteiger partial charge on any atom is -0.483 e. The van der Waals surface area contributed by atoms with Crippen LogP contribution < -0.4 is 15.2 Å². The Morgan fingerprint density at radius 3 is 2.74 bits per heavy atom. The van der Waals surface area contributed by atoms with Gasteiger partial charge in [-0.3, -0.25) is 9.36 Å². The molecule has 0 unspecified atom stereocenters. The third-order valence-corrected chi connectivity index (χ3v) is 4.97. The summed E-state index contributed by atoms with van der Waals surface area (Å²) < 4.78 is 21.0. The number of ether oxygens (including phenoxy) is 1. The van der Waals surface area contributed by atoms with E-state index in [0.717, 1.165) is 45.2 Å². The first-order chi connectivity index (χ1) is 13.2. The van der Waals surface area contributed by atoms with Gasteiger partial charge in [-0.15, -0.1) is 0 Å². The molecule has 0 atom stereocenters. The molecule has 0 spiro atoms. The van der Waals surface area contributed by atoms with Crippen LogP contribution in [-0.4, -0.2) is 28.7 Å².